The average molecular weight is 356 g/mol. The number of H-pyrrole nitrogens is 1. The lowest BCUT2D eigenvalue weighted by atomic mass is 10.1. The molecule has 0 saturated heterocycles. The Balaban J connectivity index is 1.76. The van der Waals surface area contributed by atoms with Crippen molar-refractivity contribution in [1.82, 2.24) is 4.98 Å². The molecule has 1 heterocycles. The molecule has 0 radical (unpaired) electrons. The van der Waals surface area contributed by atoms with Gasteiger partial charge in [-0.3, -0.25) is 4.79 Å². The third kappa shape index (κ3) is 3.79. The highest BCUT2D eigenvalue weighted by atomic mass is 19.1. The molecule has 0 aliphatic heterocycles. The molecule has 0 bridgehead atoms. The maximum absolute atomic E-state index is 13.9. The molecule has 3 rings (SSSR count). The number of ether oxygens (including phenoxy) is 2. The van der Waals surface area contributed by atoms with Crippen molar-refractivity contribution in [2.75, 3.05) is 18.5 Å². The zero-order valence-electron chi connectivity index (χ0n) is 14.8. The van der Waals surface area contributed by atoms with Crippen molar-refractivity contribution in [2.45, 2.75) is 20.3 Å². The fourth-order valence-corrected chi connectivity index (χ4v) is 2.86. The first-order chi connectivity index (χ1) is 12.6. The second-order valence-electron chi connectivity index (χ2n) is 5.73. The number of halogens is 1. The van der Waals surface area contributed by atoms with E-state index >= 15 is 0 Å². The topological polar surface area (TPSA) is 63.3 Å². The number of benzene rings is 2. The van der Waals surface area contributed by atoms with Gasteiger partial charge in [0, 0.05) is 28.9 Å². The second kappa shape index (κ2) is 7.91. The van der Waals surface area contributed by atoms with Gasteiger partial charge in [-0.15, -0.1) is 0 Å². The molecule has 1 aromatic heterocycles. The number of fused-ring (bicyclic) bond motifs is 1. The minimum Gasteiger partial charge on any atom is -0.493 e. The maximum Gasteiger partial charge on any atom is 0.228 e. The zero-order chi connectivity index (χ0) is 18.5. The number of rotatable bonds is 7. The summed E-state index contributed by atoms with van der Waals surface area (Å²) in [6, 6.07) is 10.1. The van der Waals surface area contributed by atoms with Crippen LogP contribution >= 0.6 is 0 Å². The van der Waals surface area contributed by atoms with Gasteiger partial charge in [-0.25, -0.2) is 4.39 Å². The lowest BCUT2D eigenvalue weighted by molar-refractivity contribution is -0.115. The van der Waals surface area contributed by atoms with Crippen LogP contribution in [0, 0.1) is 5.82 Å². The lowest BCUT2D eigenvalue weighted by Gasteiger charge is -2.09. The molecule has 6 heteroatoms. The van der Waals surface area contributed by atoms with E-state index in [-0.39, 0.29) is 18.1 Å². The summed E-state index contributed by atoms with van der Waals surface area (Å²) in [5, 5.41) is 3.61. The zero-order valence-corrected chi connectivity index (χ0v) is 14.8. The Morgan fingerprint density at radius 1 is 1.12 bits per heavy atom. The van der Waals surface area contributed by atoms with Gasteiger partial charge in [0.25, 0.3) is 0 Å². The summed E-state index contributed by atoms with van der Waals surface area (Å²) in [6.45, 7) is 4.62. The summed E-state index contributed by atoms with van der Waals surface area (Å²) in [6.07, 6.45) is 1.95. The van der Waals surface area contributed by atoms with Gasteiger partial charge in [0.1, 0.15) is 5.75 Å². The third-order valence-corrected chi connectivity index (χ3v) is 3.92. The minimum absolute atomic E-state index is 0.152. The summed E-state index contributed by atoms with van der Waals surface area (Å²) in [5.74, 6) is 0.167. The van der Waals surface area contributed by atoms with Gasteiger partial charge in [0.2, 0.25) is 5.91 Å². The SMILES string of the molecule is CCOc1ccc(NC(=O)Cc2c[nH]c3cccc(OCC)c23)cc1F. The van der Waals surface area contributed by atoms with E-state index in [0.717, 1.165) is 22.2 Å². The van der Waals surface area contributed by atoms with E-state index in [4.69, 9.17) is 9.47 Å². The van der Waals surface area contributed by atoms with Crippen LogP contribution in [0.2, 0.25) is 0 Å². The normalized spacial score (nSPS) is 10.7. The molecule has 3 aromatic rings. The van der Waals surface area contributed by atoms with Gasteiger partial charge in [-0.2, -0.15) is 0 Å². The minimum atomic E-state index is -0.504. The third-order valence-electron chi connectivity index (χ3n) is 3.92. The fraction of sp³-hybridized carbons (Fsp3) is 0.250. The number of amides is 1. The molecule has 0 spiro atoms. The molecule has 0 saturated carbocycles. The van der Waals surface area contributed by atoms with Crippen molar-refractivity contribution in [2.24, 2.45) is 0 Å². The first-order valence-corrected chi connectivity index (χ1v) is 8.56. The summed E-state index contributed by atoms with van der Waals surface area (Å²) in [4.78, 5) is 15.5. The summed E-state index contributed by atoms with van der Waals surface area (Å²) in [5.41, 5.74) is 2.12. The summed E-state index contributed by atoms with van der Waals surface area (Å²) < 4.78 is 24.7. The molecule has 1 amide bonds. The Hall–Kier alpha value is -3.02. The van der Waals surface area contributed by atoms with Crippen molar-refractivity contribution in [3.63, 3.8) is 0 Å². The smallest absolute Gasteiger partial charge is 0.228 e. The molecule has 0 unspecified atom stereocenters. The van der Waals surface area contributed by atoms with Crippen LogP contribution in [0.25, 0.3) is 10.9 Å². The molecule has 136 valence electrons. The van der Waals surface area contributed by atoms with E-state index in [1.807, 2.05) is 25.1 Å². The first kappa shape index (κ1) is 17.8. The number of nitrogens with one attached hydrogen (secondary N) is 2. The van der Waals surface area contributed by atoms with Crippen molar-refractivity contribution >= 4 is 22.5 Å². The van der Waals surface area contributed by atoms with E-state index < -0.39 is 5.82 Å². The predicted octanol–water partition coefficient (Wildman–Crippen LogP) is 4.29. The number of carbonyl (C=O) groups is 1. The highest BCUT2D eigenvalue weighted by Gasteiger charge is 2.14. The molecular weight excluding hydrogens is 335 g/mol. The van der Waals surface area contributed by atoms with Gasteiger partial charge in [-0.05, 0) is 43.7 Å². The van der Waals surface area contributed by atoms with Gasteiger partial charge in [-0.1, -0.05) is 6.07 Å². The van der Waals surface area contributed by atoms with Crippen molar-refractivity contribution in [3.8, 4) is 11.5 Å². The van der Waals surface area contributed by atoms with Crippen LogP contribution in [-0.4, -0.2) is 24.1 Å². The largest absolute Gasteiger partial charge is 0.493 e. The molecule has 5 nitrogen and oxygen atoms in total. The van der Waals surface area contributed by atoms with E-state index in [2.05, 4.69) is 10.3 Å². The summed E-state index contributed by atoms with van der Waals surface area (Å²) in [7, 11) is 0. The van der Waals surface area contributed by atoms with Crippen LogP contribution in [0.15, 0.2) is 42.6 Å². The number of anilines is 1. The van der Waals surface area contributed by atoms with E-state index in [9.17, 15) is 9.18 Å². The van der Waals surface area contributed by atoms with E-state index in [0.29, 0.717) is 18.9 Å². The Morgan fingerprint density at radius 2 is 1.88 bits per heavy atom. The number of hydrogen-bond acceptors (Lipinski definition) is 3. The standard InChI is InChI=1S/C20H21FN2O3/c1-3-25-17-9-8-14(11-15(17)21)23-19(24)10-13-12-22-16-6-5-7-18(20(13)16)26-4-2/h5-9,11-12,22H,3-4,10H2,1-2H3,(H,23,24). The molecule has 0 fully saturated rings. The molecule has 26 heavy (non-hydrogen) atoms. The lowest BCUT2D eigenvalue weighted by Crippen LogP contribution is -2.14. The van der Waals surface area contributed by atoms with Gasteiger partial charge >= 0.3 is 0 Å². The van der Waals surface area contributed by atoms with Crippen LogP contribution in [0.5, 0.6) is 11.5 Å². The Morgan fingerprint density at radius 3 is 2.62 bits per heavy atom. The van der Waals surface area contributed by atoms with Gasteiger partial charge in [0.05, 0.1) is 19.6 Å². The molecule has 2 N–H and O–H groups in total. The van der Waals surface area contributed by atoms with E-state index in [1.165, 1.54) is 12.1 Å². The number of carbonyl (C=O) groups excluding carboxylic acids is 1. The van der Waals surface area contributed by atoms with E-state index in [1.54, 1.807) is 19.2 Å². The first-order valence-electron chi connectivity index (χ1n) is 8.56. The second-order valence-corrected chi connectivity index (χ2v) is 5.73. The van der Waals surface area contributed by atoms with Crippen molar-refractivity contribution in [3.05, 3.63) is 54.0 Å². The van der Waals surface area contributed by atoms with Crippen LogP contribution in [0.3, 0.4) is 0 Å². The number of hydrogen-bond donors (Lipinski definition) is 2. The van der Waals surface area contributed by atoms with Crippen molar-refractivity contribution in [1.29, 1.82) is 0 Å². The molecule has 2 aromatic carbocycles. The summed E-state index contributed by atoms with van der Waals surface area (Å²) >= 11 is 0. The fourth-order valence-electron chi connectivity index (χ4n) is 2.86. The number of aromatic nitrogens is 1. The highest BCUT2D eigenvalue weighted by Crippen LogP contribution is 2.29. The van der Waals surface area contributed by atoms with Crippen molar-refractivity contribution < 1.29 is 18.7 Å². The van der Waals surface area contributed by atoms with Crippen LogP contribution < -0.4 is 14.8 Å². The van der Waals surface area contributed by atoms with Crippen LogP contribution in [0.4, 0.5) is 10.1 Å². The molecule has 0 aliphatic carbocycles. The number of aromatic amines is 1. The molecule has 0 atom stereocenters. The Kier molecular flexibility index (Phi) is 5.41. The molecular formula is C20H21FN2O3. The Labute approximate surface area is 151 Å². The van der Waals surface area contributed by atoms with Gasteiger partial charge < -0.3 is 19.8 Å². The average Bonchev–Trinajstić information content (AvgIpc) is 3.01. The highest BCUT2D eigenvalue weighted by molar-refractivity contribution is 5.97. The molecule has 0 aliphatic rings. The predicted molar refractivity (Wildman–Crippen MR) is 99.4 cm³/mol. The van der Waals surface area contributed by atoms with Gasteiger partial charge in [0.15, 0.2) is 11.6 Å². The van der Waals surface area contributed by atoms with Crippen LogP contribution in [0.1, 0.15) is 19.4 Å². The maximum atomic E-state index is 13.9. The quantitative estimate of drug-likeness (QED) is 0.664. The monoisotopic (exact) mass is 356 g/mol. The Bertz CT molecular complexity index is 921. The van der Waals surface area contributed by atoms with Crippen LogP contribution in [-0.2, 0) is 11.2 Å².